The summed E-state index contributed by atoms with van der Waals surface area (Å²) in [6.07, 6.45) is -3.66. The van der Waals surface area contributed by atoms with Crippen LogP contribution in [-0.2, 0) is 28.2 Å². The van der Waals surface area contributed by atoms with Crippen molar-refractivity contribution in [2.45, 2.75) is 44.7 Å². The van der Waals surface area contributed by atoms with Crippen molar-refractivity contribution in [1.29, 1.82) is 0 Å². The Morgan fingerprint density at radius 1 is 0.926 bits per heavy atom. The number of amides is 2. The normalized spacial score (nSPS) is 15.8. The van der Waals surface area contributed by atoms with E-state index in [-0.39, 0.29) is 0 Å². The molecule has 0 radical (unpaired) electrons. The van der Waals surface area contributed by atoms with Gasteiger partial charge in [-0.15, -0.1) is 0 Å². The summed E-state index contributed by atoms with van der Waals surface area (Å²) in [6.45, 7) is 4.29. The van der Waals surface area contributed by atoms with Gasteiger partial charge in [-0.1, -0.05) is 54.6 Å². The fourth-order valence-electron chi connectivity index (χ4n) is 3.26. The highest BCUT2D eigenvalue weighted by atomic mass is 16.3. The number of nitrogens with one attached hydrogen (secondary N) is 1. The topological polar surface area (TPSA) is 89.9 Å². The SMILES string of the molecule is CC(C)(NC(=O)[C@H](O)[C@@H](O)C(=O)N1Cc2ccccc2C1)c1ccccc1. The minimum Gasteiger partial charge on any atom is -0.380 e. The molecule has 2 aromatic carbocycles. The number of nitrogens with zero attached hydrogens (tertiary/aromatic N) is 1. The Balaban J connectivity index is 1.64. The number of carbonyl (C=O) groups excluding carboxylic acids is 2. The van der Waals surface area contributed by atoms with Gasteiger partial charge >= 0.3 is 0 Å². The summed E-state index contributed by atoms with van der Waals surface area (Å²) in [5, 5.41) is 23.2. The third kappa shape index (κ3) is 4.02. The van der Waals surface area contributed by atoms with Crippen molar-refractivity contribution in [2.75, 3.05) is 0 Å². The van der Waals surface area contributed by atoms with Crippen LogP contribution < -0.4 is 5.32 Å². The predicted molar refractivity (Wildman–Crippen MR) is 100 cm³/mol. The molecule has 6 nitrogen and oxygen atoms in total. The molecule has 1 aliphatic rings. The molecular weight excluding hydrogens is 344 g/mol. The number of hydrogen-bond donors (Lipinski definition) is 3. The van der Waals surface area contributed by atoms with E-state index in [1.807, 2.05) is 54.6 Å². The third-order valence-electron chi connectivity index (χ3n) is 4.90. The summed E-state index contributed by atoms with van der Waals surface area (Å²) in [6, 6.07) is 16.9. The average molecular weight is 368 g/mol. The van der Waals surface area contributed by atoms with E-state index in [0.717, 1.165) is 16.7 Å². The molecule has 0 aromatic heterocycles. The number of aliphatic hydroxyl groups is 2. The zero-order chi connectivity index (χ0) is 19.6. The van der Waals surface area contributed by atoms with Gasteiger partial charge in [0.15, 0.2) is 12.2 Å². The Bertz CT molecular complexity index is 810. The molecule has 2 aromatic rings. The lowest BCUT2D eigenvalue weighted by Crippen LogP contribution is -2.53. The Labute approximate surface area is 158 Å². The Morgan fingerprint density at radius 2 is 1.44 bits per heavy atom. The fraction of sp³-hybridized carbons (Fsp3) is 0.333. The van der Waals surface area contributed by atoms with Crippen LogP contribution in [0.1, 0.15) is 30.5 Å². The number of benzene rings is 2. The number of carbonyl (C=O) groups is 2. The summed E-state index contributed by atoms with van der Waals surface area (Å²) >= 11 is 0. The van der Waals surface area contributed by atoms with E-state index >= 15 is 0 Å². The first-order chi connectivity index (χ1) is 12.8. The number of rotatable bonds is 5. The zero-order valence-electron chi connectivity index (χ0n) is 15.4. The molecule has 0 fully saturated rings. The quantitative estimate of drug-likeness (QED) is 0.742. The zero-order valence-corrected chi connectivity index (χ0v) is 15.4. The summed E-state index contributed by atoms with van der Waals surface area (Å²) in [5.41, 5.74) is 2.09. The van der Waals surface area contributed by atoms with E-state index < -0.39 is 29.6 Å². The van der Waals surface area contributed by atoms with E-state index in [9.17, 15) is 19.8 Å². The molecule has 2 amide bonds. The van der Waals surface area contributed by atoms with Gasteiger partial charge < -0.3 is 20.4 Å². The average Bonchev–Trinajstić information content (AvgIpc) is 3.10. The van der Waals surface area contributed by atoms with Gasteiger partial charge in [-0.05, 0) is 30.5 Å². The molecule has 6 heteroatoms. The van der Waals surface area contributed by atoms with E-state index in [2.05, 4.69) is 5.32 Å². The van der Waals surface area contributed by atoms with Gasteiger partial charge in [-0.25, -0.2) is 0 Å². The second-order valence-electron chi connectivity index (χ2n) is 7.33. The molecule has 1 aliphatic heterocycles. The molecular formula is C21H24N2O4. The van der Waals surface area contributed by atoms with Crippen molar-refractivity contribution in [3.05, 3.63) is 71.3 Å². The predicted octanol–water partition coefficient (Wildman–Crippen LogP) is 1.30. The van der Waals surface area contributed by atoms with E-state index in [0.29, 0.717) is 13.1 Å². The van der Waals surface area contributed by atoms with Crippen molar-refractivity contribution in [2.24, 2.45) is 0 Å². The smallest absolute Gasteiger partial charge is 0.255 e. The standard InChI is InChI=1S/C21H24N2O4/c1-21(2,16-10-4-3-5-11-16)22-19(26)17(24)18(25)20(27)23-12-14-8-6-7-9-15(14)13-23/h3-11,17-18,24-25H,12-13H2,1-2H3,(H,22,26)/t17-,18-/m1/s1. The van der Waals surface area contributed by atoms with Crippen LogP contribution in [0.3, 0.4) is 0 Å². The van der Waals surface area contributed by atoms with E-state index in [1.54, 1.807) is 13.8 Å². The molecule has 2 atom stereocenters. The van der Waals surface area contributed by atoms with Gasteiger partial charge in [0, 0.05) is 13.1 Å². The first-order valence-corrected chi connectivity index (χ1v) is 8.89. The van der Waals surface area contributed by atoms with Crippen LogP contribution in [0.5, 0.6) is 0 Å². The van der Waals surface area contributed by atoms with Gasteiger partial charge in [0.25, 0.3) is 11.8 Å². The fourth-order valence-corrected chi connectivity index (χ4v) is 3.26. The maximum absolute atomic E-state index is 12.5. The molecule has 27 heavy (non-hydrogen) atoms. The largest absolute Gasteiger partial charge is 0.380 e. The third-order valence-corrected chi connectivity index (χ3v) is 4.90. The summed E-state index contributed by atoms with van der Waals surface area (Å²) < 4.78 is 0. The second kappa shape index (κ2) is 7.50. The molecule has 0 unspecified atom stereocenters. The summed E-state index contributed by atoms with van der Waals surface area (Å²) in [4.78, 5) is 26.4. The van der Waals surface area contributed by atoms with Gasteiger partial charge in [-0.3, -0.25) is 9.59 Å². The lowest BCUT2D eigenvalue weighted by atomic mass is 9.94. The lowest BCUT2D eigenvalue weighted by molar-refractivity contribution is -0.154. The molecule has 0 saturated heterocycles. The highest BCUT2D eigenvalue weighted by molar-refractivity contribution is 5.91. The van der Waals surface area contributed by atoms with Crippen LogP contribution in [0.4, 0.5) is 0 Å². The van der Waals surface area contributed by atoms with Gasteiger partial charge in [0.1, 0.15) is 0 Å². The molecule has 1 heterocycles. The summed E-state index contributed by atoms with van der Waals surface area (Å²) in [5.74, 6) is -1.45. The minimum atomic E-state index is -1.84. The first-order valence-electron chi connectivity index (χ1n) is 8.89. The van der Waals surface area contributed by atoms with Crippen LogP contribution >= 0.6 is 0 Å². The monoisotopic (exact) mass is 368 g/mol. The summed E-state index contributed by atoms with van der Waals surface area (Å²) in [7, 11) is 0. The molecule has 142 valence electrons. The molecule has 0 aliphatic carbocycles. The van der Waals surface area contributed by atoms with Gasteiger partial charge in [0.2, 0.25) is 0 Å². The molecule has 0 bridgehead atoms. The highest BCUT2D eigenvalue weighted by Gasteiger charge is 2.37. The Hall–Kier alpha value is -2.70. The van der Waals surface area contributed by atoms with Gasteiger partial charge in [0.05, 0.1) is 5.54 Å². The lowest BCUT2D eigenvalue weighted by Gasteiger charge is -2.29. The maximum Gasteiger partial charge on any atom is 0.255 e. The molecule has 3 rings (SSSR count). The van der Waals surface area contributed by atoms with Crippen molar-refractivity contribution in [1.82, 2.24) is 10.2 Å². The van der Waals surface area contributed by atoms with Crippen LogP contribution in [0.15, 0.2) is 54.6 Å². The highest BCUT2D eigenvalue weighted by Crippen LogP contribution is 2.24. The van der Waals surface area contributed by atoms with E-state index in [1.165, 1.54) is 4.90 Å². The first kappa shape index (κ1) is 19.1. The minimum absolute atomic E-state index is 0.357. The van der Waals surface area contributed by atoms with Crippen molar-refractivity contribution in [3.63, 3.8) is 0 Å². The number of aliphatic hydroxyl groups excluding tert-OH is 2. The molecule has 3 N–H and O–H groups in total. The van der Waals surface area contributed by atoms with Crippen LogP contribution in [0.25, 0.3) is 0 Å². The second-order valence-corrected chi connectivity index (χ2v) is 7.33. The van der Waals surface area contributed by atoms with E-state index in [4.69, 9.17) is 0 Å². The van der Waals surface area contributed by atoms with Crippen molar-refractivity contribution < 1.29 is 19.8 Å². The number of hydrogen-bond acceptors (Lipinski definition) is 4. The maximum atomic E-state index is 12.5. The molecule has 0 spiro atoms. The molecule has 0 saturated carbocycles. The Morgan fingerprint density at radius 3 is 2.00 bits per heavy atom. The number of fused-ring (bicyclic) bond motifs is 1. The van der Waals surface area contributed by atoms with Crippen LogP contribution in [0, 0.1) is 0 Å². The van der Waals surface area contributed by atoms with Crippen molar-refractivity contribution >= 4 is 11.8 Å². The van der Waals surface area contributed by atoms with Gasteiger partial charge in [-0.2, -0.15) is 0 Å². The Kier molecular flexibility index (Phi) is 5.30. The van der Waals surface area contributed by atoms with Crippen molar-refractivity contribution in [3.8, 4) is 0 Å². The van der Waals surface area contributed by atoms with Crippen LogP contribution in [-0.4, -0.2) is 39.1 Å². The van der Waals surface area contributed by atoms with Crippen LogP contribution in [0.2, 0.25) is 0 Å².